The number of rotatable bonds is 5. The summed E-state index contributed by atoms with van der Waals surface area (Å²) >= 11 is 6.21. The molecule has 4 amide bonds. The van der Waals surface area contributed by atoms with Crippen LogP contribution in [0.15, 0.2) is 60.2 Å². The van der Waals surface area contributed by atoms with E-state index in [1.807, 2.05) is 45.9 Å². The number of halogens is 1. The van der Waals surface area contributed by atoms with Crippen molar-refractivity contribution in [3.05, 3.63) is 98.6 Å². The Kier molecular flexibility index (Phi) is 6.76. The molecule has 0 bridgehead atoms. The van der Waals surface area contributed by atoms with E-state index in [0.717, 1.165) is 27.2 Å². The molecule has 6 nitrogen and oxygen atoms in total. The summed E-state index contributed by atoms with van der Waals surface area (Å²) in [6.45, 7) is 8.08. The van der Waals surface area contributed by atoms with Crippen molar-refractivity contribution in [3.8, 4) is 5.75 Å². The molecule has 0 atom stereocenters. The molecule has 1 heterocycles. The van der Waals surface area contributed by atoms with Crippen LogP contribution in [-0.2, 0) is 16.2 Å². The summed E-state index contributed by atoms with van der Waals surface area (Å²) in [4.78, 5) is 39.6. The first-order chi connectivity index (χ1) is 16.7. The molecule has 3 aromatic rings. The molecule has 4 rings (SSSR count). The third-order valence-electron chi connectivity index (χ3n) is 6.16. The quantitative estimate of drug-likeness (QED) is 0.362. The van der Waals surface area contributed by atoms with E-state index in [4.69, 9.17) is 16.3 Å². The molecule has 1 N–H and O–H groups in total. The van der Waals surface area contributed by atoms with Crippen molar-refractivity contribution in [2.75, 3.05) is 4.90 Å². The number of ether oxygens (including phenoxy) is 1. The minimum atomic E-state index is -0.789. The first-order valence-electron chi connectivity index (χ1n) is 11.1. The Labute approximate surface area is 209 Å². The smallest absolute Gasteiger partial charge is 0.335 e. The maximum absolute atomic E-state index is 13.4. The van der Waals surface area contributed by atoms with Gasteiger partial charge in [-0.2, -0.15) is 0 Å². The van der Waals surface area contributed by atoms with Crippen LogP contribution >= 0.6 is 11.6 Å². The number of nitrogens with one attached hydrogen (secondary N) is 1. The highest BCUT2D eigenvalue weighted by atomic mass is 35.5. The second kappa shape index (κ2) is 9.76. The Morgan fingerprint density at radius 3 is 2.43 bits per heavy atom. The minimum Gasteiger partial charge on any atom is -0.488 e. The van der Waals surface area contributed by atoms with Crippen LogP contribution < -0.4 is 15.0 Å². The number of benzene rings is 3. The molecule has 0 radical (unpaired) electrons. The molecule has 1 aliphatic rings. The second-order valence-electron chi connectivity index (χ2n) is 8.57. The van der Waals surface area contributed by atoms with Crippen molar-refractivity contribution in [1.82, 2.24) is 5.32 Å². The number of imide groups is 2. The first kappa shape index (κ1) is 24.2. The van der Waals surface area contributed by atoms with E-state index >= 15 is 0 Å². The Bertz CT molecular complexity index is 1390. The van der Waals surface area contributed by atoms with Gasteiger partial charge in [0, 0.05) is 10.6 Å². The first-order valence-corrected chi connectivity index (χ1v) is 11.5. The molecule has 0 spiro atoms. The second-order valence-corrected chi connectivity index (χ2v) is 9.00. The van der Waals surface area contributed by atoms with Crippen molar-refractivity contribution in [2.24, 2.45) is 0 Å². The van der Waals surface area contributed by atoms with Gasteiger partial charge in [-0.1, -0.05) is 41.9 Å². The number of nitrogens with zero attached hydrogens (tertiary/aromatic N) is 1. The van der Waals surface area contributed by atoms with E-state index in [-0.39, 0.29) is 5.57 Å². The Morgan fingerprint density at radius 2 is 1.69 bits per heavy atom. The van der Waals surface area contributed by atoms with Gasteiger partial charge in [-0.05, 0) is 85.9 Å². The van der Waals surface area contributed by atoms with Gasteiger partial charge in [0.2, 0.25) is 0 Å². The number of amides is 4. The number of anilines is 1. The summed E-state index contributed by atoms with van der Waals surface area (Å²) in [5, 5.41) is 2.68. The number of aryl methyl sites for hydroxylation is 3. The van der Waals surface area contributed by atoms with Gasteiger partial charge in [-0.3, -0.25) is 14.9 Å². The molecular formula is C28H25ClN2O4. The van der Waals surface area contributed by atoms with Gasteiger partial charge in [0.15, 0.2) is 0 Å². The van der Waals surface area contributed by atoms with Crippen LogP contribution in [0.2, 0.25) is 5.02 Å². The lowest BCUT2D eigenvalue weighted by atomic mass is 10.0. The van der Waals surface area contributed by atoms with E-state index in [1.54, 1.807) is 30.3 Å². The fourth-order valence-electron chi connectivity index (χ4n) is 3.83. The maximum atomic E-state index is 13.4. The van der Waals surface area contributed by atoms with Gasteiger partial charge in [0.25, 0.3) is 11.8 Å². The summed E-state index contributed by atoms with van der Waals surface area (Å²) in [5.74, 6) is -1.04. The van der Waals surface area contributed by atoms with E-state index in [9.17, 15) is 14.4 Å². The zero-order chi connectivity index (χ0) is 25.3. The molecule has 0 unspecified atom stereocenters. The molecule has 178 valence electrons. The SMILES string of the molecule is Cc1ccc(COc2ccc(Cl)cc2/C=C2\C(=O)NC(=O)N(c3cccc(C)c3C)C2=O)cc1C. The zero-order valence-electron chi connectivity index (χ0n) is 19.9. The molecule has 7 heteroatoms. The van der Waals surface area contributed by atoms with Gasteiger partial charge in [0.1, 0.15) is 17.9 Å². The Morgan fingerprint density at radius 1 is 0.914 bits per heavy atom. The van der Waals surface area contributed by atoms with E-state index < -0.39 is 17.8 Å². The van der Waals surface area contributed by atoms with E-state index in [0.29, 0.717) is 28.6 Å². The van der Waals surface area contributed by atoms with Gasteiger partial charge in [-0.15, -0.1) is 0 Å². The van der Waals surface area contributed by atoms with Gasteiger partial charge < -0.3 is 4.74 Å². The van der Waals surface area contributed by atoms with Gasteiger partial charge in [-0.25, -0.2) is 9.69 Å². The van der Waals surface area contributed by atoms with Crippen molar-refractivity contribution in [2.45, 2.75) is 34.3 Å². The van der Waals surface area contributed by atoms with Crippen LogP contribution in [0, 0.1) is 27.7 Å². The van der Waals surface area contributed by atoms with Crippen LogP contribution in [0.5, 0.6) is 5.75 Å². The predicted octanol–water partition coefficient (Wildman–Crippen LogP) is 5.82. The summed E-state index contributed by atoms with van der Waals surface area (Å²) < 4.78 is 6.03. The number of hydrogen-bond donors (Lipinski definition) is 1. The molecule has 35 heavy (non-hydrogen) atoms. The minimum absolute atomic E-state index is 0.191. The average molecular weight is 489 g/mol. The largest absolute Gasteiger partial charge is 0.488 e. The van der Waals surface area contributed by atoms with Crippen LogP contribution in [0.3, 0.4) is 0 Å². The molecule has 0 aromatic heterocycles. The van der Waals surface area contributed by atoms with Crippen molar-refractivity contribution in [1.29, 1.82) is 0 Å². The number of barbiturate groups is 1. The highest BCUT2D eigenvalue weighted by Crippen LogP contribution is 2.30. The van der Waals surface area contributed by atoms with Crippen LogP contribution in [0.25, 0.3) is 6.08 Å². The van der Waals surface area contributed by atoms with Crippen LogP contribution in [0.1, 0.15) is 33.4 Å². The molecular weight excluding hydrogens is 464 g/mol. The van der Waals surface area contributed by atoms with Gasteiger partial charge >= 0.3 is 6.03 Å². The highest BCUT2D eigenvalue weighted by Gasteiger charge is 2.37. The van der Waals surface area contributed by atoms with Crippen LogP contribution in [0.4, 0.5) is 10.5 Å². The number of hydrogen-bond acceptors (Lipinski definition) is 4. The molecule has 0 aliphatic carbocycles. The standard InChI is InChI=1S/C28H25ClN2O4/c1-16-8-9-20(12-18(16)3)15-35-25-11-10-22(29)13-21(25)14-23-26(32)30-28(34)31(27(23)33)24-7-5-6-17(2)19(24)4/h5-14H,15H2,1-4H3,(H,30,32,34)/b23-14+. The Balaban J connectivity index is 1.69. The number of urea groups is 1. The summed E-state index contributed by atoms with van der Waals surface area (Å²) in [5.41, 5.74) is 5.70. The molecule has 1 saturated heterocycles. The monoisotopic (exact) mass is 488 g/mol. The number of carbonyl (C=O) groups is 3. The van der Waals surface area contributed by atoms with Gasteiger partial charge in [0.05, 0.1) is 5.69 Å². The normalized spacial score (nSPS) is 14.9. The highest BCUT2D eigenvalue weighted by molar-refractivity contribution is 6.39. The summed E-state index contributed by atoms with van der Waals surface area (Å²) in [7, 11) is 0. The third-order valence-corrected chi connectivity index (χ3v) is 6.39. The molecule has 3 aromatic carbocycles. The lowest BCUT2D eigenvalue weighted by Gasteiger charge is -2.28. The zero-order valence-corrected chi connectivity index (χ0v) is 20.7. The average Bonchev–Trinajstić information content (AvgIpc) is 2.81. The molecule has 1 fully saturated rings. The third kappa shape index (κ3) is 4.98. The molecule has 0 saturated carbocycles. The Hall–Kier alpha value is -3.90. The predicted molar refractivity (Wildman–Crippen MR) is 137 cm³/mol. The van der Waals surface area contributed by atoms with E-state index in [1.165, 1.54) is 11.6 Å². The lowest BCUT2D eigenvalue weighted by molar-refractivity contribution is -0.122. The summed E-state index contributed by atoms with van der Waals surface area (Å²) in [6, 6.07) is 15.6. The fraction of sp³-hybridized carbons (Fsp3) is 0.179. The topological polar surface area (TPSA) is 75.7 Å². The van der Waals surface area contributed by atoms with Crippen molar-refractivity contribution in [3.63, 3.8) is 0 Å². The lowest BCUT2D eigenvalue weighted by Crippen LogP contribution is -2.54. The molecule has 1 aliphatic heterocycles. The van der Waals surface area contributed by atoms with E-state index in [2.05, 4.69) is 11.4 Å². The van der Waals surface area contributed by atoms with Crippen molar-refractivity contribution < 1.29 is 19.1 Å². The number of carbonyl (C=O) groups excluding carboxylic acids is 3. The fourth-order valence-corrected chi connectivity index (χ4v) is 4.01. The van der Waals surface area contributed by atoms with Crippen molar-refractivity contribution >= 4 is 41.2 Å². The van der Waals surface area contributed by atoms with Crippen LogP contribution in [-0.4, -0.2) is 17.8 Å². The summed E-state index contributed by atoms with van der Waals surface area (Å²) in [6.07, 6.45) is 1.41. The maximum Gasteiger partial charge on any atom is 0.335 e.